The molecule has 0 bridgehead atoms. The second kappa shape index (κ2) is 2.59. The van der Waals surface area contributed by atoms with E-state index >= 15 is 0 Å². The van der Waals surface area contributed by atoms with Crippen LogP contribution in [0.25, 0.3) is 0 Å². The van der Waals surface area contributed by atoms with Crippen molar-refractivity contribution in [3.05, 3.63) is 23.8 Å². The summed E-state index contributed by atoms with van der Waals surface area (Å²) in [7, 11) is 0. The standard InChI is InChI=1S/C9H12O/c1-2-4-9-7-10-6-5-8(9)3-1/h1-3,9H,4-7H2. The van der Waals surface area contributed by atoms with E-state index in [-0.39, 0.29) is 0 Å². The molecule has 1 aliphatic heterocycles. The molecule has 1 unspecified atom stereocenters. The van der Waals surface area contributed by atoms with Crippen LogP contribution >= 0.6 is 0 Å². The first-order valence-corrected chi connectivity index (χ1v) is 3.90. The minimum atomic E-state index is 0.707. The third-order valence-electron chi connectivity index (χ3n) is 2.25. The topological polar surface area (TPSA) is 9.23 Å². The van der Waals surface area contributed by atoms with Crippen LogP contribution in [0.3, 0.4) is 0 Å². The monoisotopic (exact) mass is 136 g/mol. The zero-order valence-electron chi connectivity index (χ0n) is 6.05. The molecule has 2 rings (SSSR count). The Morgan fingerprint density at radius 2 is 2.50 bits per heavy atom. The molecular formula is C9H12O. The van der Waals surface area contributed by atoms with E-state index in [1.165, 1.54) is 6.42 Å². The molecule has 1 aliphatic carbocycles. The van der Waals surface area contributed by atoms with Crippen molar-refractivity contribution in [3.63, 3.8) is 0 Å². The number of ether oxygens (including phenoxy) is 1. The van der Waals surface area contributed by atoms with E-state index in [9.17, 15) is 0 Å². The largest absolute Gasteiger partial charge is 0.380 e. The molecule has 1 fully saturated rings. The van der Waals surface area contributed by atoms with Gasteiger partial charge in [-0.1, -0.05) is 23.8 Å². The van der Waals surface area contributed by atoms with Gasteiger partial charge in [0.15, 0.2) is 0 Å². The third-order valence-corrected chi connectivity index (χ3v) is 2.25. The van der Waals surface area contributed by atoms with Gasteiger partial charge in [-0.2, -0.15) is 0 Å². The Balaban J connectivity index is 2.14. The maximum atomic E-state index is 5.36. The minimum Gasteiger partial charge on any atom is -0.380 e. The van der Waals surface area contributed by atoms with Gasteiger partial charge in [0.1, 0.15) is 0 Å². The van der Waals surface area contributed by atoms with Crippen molar-refractivity contribution in [1.29, 1.82) is 0 Å². The van der Waals surface area contributed by atoms with Gasteiger partial charge in [-0.05, 0) is 12.8 Å². The molecule has 1 heterocycles. The van der Waals surface area contributed by atoms with E-state index in [4.69, 9.17) is 4.74 Å². The van der Waals surface area contributed by atoms with Gasteiger partial charge in [0.25, 0.3) is 0 Å². The summed E-state index contributed by atoms with van der Waals surface area (Å²) in [6.07, 6.45) is 8.97. The number of rotatable bonds is 0. The van der Waals surface area contributed by atoms with Gasteiger partial charge >= 0.3 is 0 Å². The minimum absolute atomic E-state index is 0.707. The molecule has 1 nitrogen and oxygen atoms in total. The van der Waals surface area contributed by atoms with Crippen molar-refractivity contribution in [2.24, 2.45) is 5.92 Å². The van der Waals surface area contributed by atoms with Crippen LogP contribution in [0.15, 0.2) is 23.8 Å². The molecule has 2 aliphatic rings. The lowest BCUT2D eigenvalue weighted by Gasteiger charge is -2.26. The first-order chi connectivity index (χ1) is 4.97. The SMILES string of the molecule is C1=CCC2COCCC2=C1. The summed E-state index contributed by atoms with van der Waals surface area (Å²) in [5.74, 6) is 0.707. The Hall–Kier alpha value is -0.560. The lowest BCUT2D eigenvalue weighted by atomic mass is 9.89. The summed E-state index contributed by atoms with van der Waals surface area (Å²) < 4.78 is 5.36. The van der Waals surface area contributed by atoms with Crippen LogP contribution in [-0.4, -0.2) is 13.2 Å². The van der Waals surface area contributed by atoms with Gasteiger partial charge in [0.2, 0.25) is 0 Å². The van der Waals surface area contributed by atoms with Gasteiger partial charge in [-0.3, -0.25) is 0 Å². The van der Waals surface area contributed by atoms with Crippen LogP contribution in [-0.2, 0) is 4.74 Å². The predicted octanol–water partition coefficient (Wildman–Crippen LogP) is 1.91. The fourth-order valence-corrected chi connectivity index (χ4v) is 1.60. The predicted molar refractivity (Wildman–Crippen MR) is 40.8 cm³/mol. The molecule has 0 spiro atoms. The highest BCUT2D eigenvalue weighted by atomic mass is 16.5. The van der Waals surface area contributed by atoms with Gasteiger partial charge < -0.3 is 4.74 Å². The van der Waals surface area contributed by atoms with Gasteiger partial charge in [0.05, 0.1) is 13.2 Å². The van der Waals surface area contributed by atoms with Crippen LogP contribution in [0.5, 0.6) is 0 Å². The summed E-state index contributed by atoms with van der Waals surface area (Å²) in [6, 6.07) is 0. The molecule has 0 amide bonds. The van der Waals surface area contributed by atoms with Gasteiger partial charge in [-0.15, -0.1) is 0 Å². The molecule has 1 saturated heterocycles. The van der Waals surface area contributed by atoms with E-state index in [0.29, 0.717) is 5.92 Å². The zero-order chi connectivity index (χ0) is 6.81. The number of fused-ring (bicyclic) bond motifs is 1. The quantitative estimate of drug-likeness (QED) is 0.494. The summed E-state index contributed by atoms with van der Waals surface area (Å²) in [5.41, 5.74) is 1.59. The van der Waals surface area contributed by atoms with Gasteiger partial charge in [0, 0.05) is 5.92 Å². The average Bonchev–Trinajstić information content (AvgIpc) is 2.05. The molecule has 0 N–H and O–H groups in total. The third kappa shape index (κ3) is 1.01. The van der Waals surface area contributed by atoms with Crippen molar-refractivity contribution >= 4 is 0 Å². The smallest absolute Gasteiger partial charge is 0.0534 e. The van der Waals surface area contributed by atoms with Gasteiger partial charge in [-0.25, -0.2) is 0 Å². The summed E-state index contributed by atoms with van der Waals surface area (Å²) in [4.78, 5) is 0. The number of allylic oxidation sites excluding steroid dienone is 3. The van der Waals surface area contributed by atoms with E-state index in [1.54, 1.807) is 5.57 Å². The van der Waals surface area contributed by atoms with Crippen molar-refractivity contribution in [1.82, 2.24) is 0 Å². The van der Waals surface area contributed by atoms with Crippen molar-refractivity contribution < 1.29 is 4.74 Å². The van der Waals surface area contributed by atoms with Crippen LogP contribution in [0.4, 0.5) is 0 Å². The second-order valence-electron chi connectivity index (χ2n) is 2.93. The molecule has 0 aromatic heterocycles. The average molecular weight is 136 g/mol. The van der Waals surface area contributed by atoms with E-state index in [0.717, 1.165) is 19.6 Å². The molecule has 0 aromatic rings. The first-order valence-electron chi connectivity index (χ1n) is 3.90. The lowest BCUT2D eigenvalue weighted by molar-refractivity contribution is 0.0847. The Morgan fingerprint density at radius 3 is 3.40 bits per heavy atom. The zero-order valence-corrected chi connectivity index (χ0v) is 6.05. The molecule has 1 heteroatoms. The van der Waals surface area contributed by atoms with E-state index in [1.807, 2.05) is 0 Å². The molecule has 54 valence electrons. The normalized spacial score (nSPS) is 31.2. The fourth-order valence-electron chi connectivity index (χ4n) is 1.60. The summed E-state index contributed by atoms with van der Waals surface area (Å²) in [6.45, 7) is 1.87. The van der Waals surface area contributed by atoms with Crippen LogP contribution in [0.2, 0.25) is 0 Å². The van der Waals surface area contributed by atoms with Crippen molar-refractivity contribution in [2.75, 3.05) is 13.2 Å². The van der Waals surface area contributed by atoms with Crippen molar-refractivity contribution in [2.45, 2.75) is 12.8 Å². The Bertz CT molecular complexity index is 179. The molecule has 0 aromatic carbocycles. The van der Waals surface area contributed by atoms with Crippen LogP contribution in [0, 0.1) is 5.92 Å². The lowest BCUT2D eigenvalue weighted by Crippen LogP contribution is -2.20. The molecule has 1 atom stereocenters. The Morgan fingerprint density at radius 1 is 1.50 bits per heavy atom. The van der Waals surface area contributed by atoms with E-state index in [2.05, 4.69) is 18.2 Å². The van der Waals surface area contributed by atoms with Crippen molar-refractivity contribution in [3.8, 4) is 0 Å². The Labute approximate surface area is 61.4 Å². The molecule has 10 heavy (non-hydrogen) atoms. The second-order valence-corrected chi connectivity index (χ2v) is 2.93. The maximum absolute atomic E-state index is 5.36. The highest BCUT2D eigenvalue weighted by molar-refractivity contribution is 5.21. The number of hydrogen-bond donors (Lipinski definition) is 0. The van der Waals surface area contributed by atoms with Crippen LogP contribution in [0.1, 0.15) is 12.8 Å². The Kier molecular flexibility index (Phi) is 1.60. The molecule has 0 radical (unpaired) electrons. The summed E-state index contributed by atoms with van der Waals surface area (Å²) >= 11 is 0. The van der Waals surface area contributed by atoms with E-state index < -0.39 is 0 Å². The van der Waals surface area contributed by atoms with Crippen LogP contribution < -0.4 is 0 Å². The highest BCUT2D eigenvalue weighted by Gasteiger charge is 2.18. The molecule has 0 saturated carbocycles. The highest BCUT2D eigenvalue weighted by Crippen LogP contribution is 2.26. The fraction of sp³-hybridized carbons (Fsp3) is 0.556. The summed E-state index contributed by atoms with van der Waals surface area (Å²) in [5, 5.41) is 0. The first kappa shape index (κ1) is 6.17. The molecular weight excluding hydrogens is 124 g/mol. The number of hydrogen-bond acceptors (Lipinski definition) is 1. The maximum Gasteiger partial charge on any atom is 0.0534 e.